The topological polar surface area (TPSA) is 30.5 Å². The largest absolute Gasteiger partial charge is 0.372 e. The Morgan fingerprint density at radius 1 is 0.667 bits per heavy atom. The third-order valence-electron chi connectivity index (χ3n) is 4.64. The highest BCUT2D eigenvalue weighted by Crippen LogP contribution is 2.19. The molecule has 0 bridgehead atoms. The fourth-order valence-corrected chi connectivity index (χ4v) is 2.97. The second kappa shape index (κ2) is 13.5. The maximum atomic E-state index is 6.15. The summed E-state index contributed by atoms with van der Waals surface area (Å²) < 4.78 is 12.3. The van der Waals surface area contributed by atoms with Gasteiger partial charge in [0, 0.05) is 26.3 Å². The first kappa shape index (κ1) is 21.6. The summed E-state index contributed by atoms with van der Waals surface area (Å²) in [5.41, 5.74) is 2.45. The molecule has 2 rings (SSSR count). The summed E-state index contributed by atoms with van der Waals surface area (Å²) in [6.45, 7) is 7.55. The van der Waals surface area contributed by atoms with Crippen LogP contribution < -0.4 is 5.32 Å². The summed E-state index contributed by atoms with van der Waals surface area (Å²) >= 11 is 0. The summed E-state index contributed by atoms with van der Waals surface area (Å²) in [5, 5.41) is 3.59. The van der Waals surface area contributed by atoms with Crippen LogP contribution in [-0.4, -0.2) is 26.3 Å². The fourth-order valence-electron chi connectivity index (χ4n) is 2.97. The van der Waals surface area contributed by atoms with Gasteiger partial charge in [0.05, 0.1) is 12.2 Å². The molecule has 3 heteroatoms. The number of benzene rings is 2. The van der Waals surface area contributed by atoms with Crippen molar-refractivity contribution in [1.29, 1.82) is 0 Å². The molecule has 2 unspecified atom stereocenters. The van der Waals surface area contributed by atoms with E-state index in [1.165, 1.54) is 11.1 Å². The first-order valence-corrected chi connectivity index (χ1v) is 10.4. The lowest BCUT2D eigenvalue weighted by atomic mass is 10.1. The van der Waals surface area contributed by atoms with E-state index in [0.717, 1.165) is 52.0 Å². The molecular weight excluding hydrogens is 334 g/mol. The summed E-state index contributed by atoms with van der Waals surface area (Å²) in [6, 6.07) is 21.0. The molecule has 0 fully saturated rings. The second-order valence-electron chi connectivity index (χ2n) is 6.91. The minimum atomic E-state index is 0.0739. The minimum absolute atomic E-state index is 0.0739. The SMILES string of the molecule is CCCCOC(CNCC(OCCCC)c1ccccc1)c1ccccc1. The van der Waals surface area contributed by atoms with Gasteiger partial charge in [0.1, 0.15) is 0 Å². The molecule has 0 aliphatic rings. The van der Waals surface area contributed by atoms with Crippen molar-refractivity contribution in [3.05, 3.63) is 71.8 Å². The number of hydrogen-bond donors (Lipinski definition) is 1. The van der Waals surface area contributed by atoms with Crippen LogP contribution in [0.3, 0.4) is 0 Å². The third-order valence-corrected chi connectivity index (χ3v) is 4.64. The van der Waals surface area contributed by atoms with E-state index in [1.54, 1.807) is 0 Å². The number of rotatable bonds is 14. The van der Waals surface area contributed by atoms with Gasteiger partial charge in [-0.15, -0.1) is 0 Å². The zero-order valence-electron chi connectivity index (χ0n) is 16.9. The number of nitrogens with one attached hydrogen (secondary N) is 1. The standard InChI is InChI=1S/C24H35NO2/c1-3-5-17-26-23(21-13-9-7-10-14-21)19-25-20-24(27-18-6-4-2)22-15-11-8-12-16-22/h7-16,23-25H,3-6,17-20H2,1-2H3. The molecule has 0 saturated carbocycles. The van der Waals surface area contributed by atoms with Crippen LogP contribution in [0.2, 0.25) is 0 Å². The van der Waals surface area contributed by atoms with Gasteiger partial charge in [-0.1, -0.05) is 87.4 Å². The third kappa shape index (κ3) is 8.25. The monoisotopic (exact) mass is 369 g/mol. The number of ether oxygens (including phenoxy) is 2. The van der Waals surface area contributed by atoms with E-state index < -0.39 is 0 Å². The average molecular weight is 370 g/mol. The molecular formula is C24H35NO2. The van der Waals surface area contributed by atoms with E-state index in [9.17, 15) is 0 Å². The molecule has 3 nitrogen and oxygen atoms in total. The Labute approximate surface area is 165 Å². The Hall–Kier alpha value is -1.68. The quantitative estimate of drug-likeness (QED) is 0.434. The molecule has 0 heterocycles. The average Bonchev–Trinajstić information content (AvgIpc) is 2.73. The van der Waals surface area contributed by atoms with Crippen LogP contribution in [0.4, 0.5) is 0 Å². The molecule has 148 valence electrons. The van der Waals surface area contributed by atoms with Gasteiger partial charge in [-0.05, 0) is 24.0 Å². The highest BCUT2D eigenvalue weighted by atomic mass is 16.5. The van der Waals surface area contributed by atoms with Gasteiger partial charge in [0.25, 0.3) is 0 Å². The fraction of sp³-hybridized carbons (Fsp3) is 0.500. The maximum Gasteiger partial charge on any atom is 0.0949 e. The molecule has 0 aliphatic heterocycles. The van der Waals surface area contributed by atoms with Gasteiger partial charge in [-0.2, -0.15) is 0 Å². The van der Waals surface area contributed by atoms with Gasteiger partial charge < -0.3 is 14.8 Å². The smallest absolute Gasteiger partial charge is 0.0949 e. The second-order valence-corrected chi connectivity index (χ2v) is 6.91. The summed E-state index contributed by atoms with van der Waals surface area (Å²) in [7, 11) is 0. The van der Waals surface area contributed by atoms with Gasteiger partial charge >= 0.3 is 0 Å². The van der Waals surface area contributed by atoms with Crippen molar-refractivity contribution in [1.82, 2.24) is 5.32 Å². The van der Waals surface area contributed by atoms with Crippen LogP contribution >= 0.6 is 0 Å². The molecule has 0 saturated heterocycles. The zero-order valence-corrected chi connectivity index (χ0v) is 16.9. The van der Waals surface area contributed by atoms with Crippen LogP contribution in [0.1, 0.15) is 62.9 Å². The van der Waals surface area contributed by atoms with Crippen molar-refractivity contribution in [3.8, 4) is 0 Å². The lowest BCUT2D eigenvalue weighted by molar-refractivity contribution is 0.0332. The maximum absolute atomic E-state index is 6.15. The first-order valence-electron chi connectivity index (χ1n) is 10.4. The van der Waals surface area contributed by atoms with Gasteiger partial charge in [0.15, 0.2) is 0 Å². The molecule has 2 aromatic rings. The van der Waals surface area contributed by atoms with E-state index in [-0.39, 0.29) is 12.2 Å². The van der Waals surface area contributed by atoms with E-state index in [2.05, 4.69) is 67.7 Å². The van der Waals surface area contributed by atoms with E-state index in [0.29, 0.717) is 0 Å². The summed E-state index contributed by atoms with van der Waals surface area (Å²) in [6.07, 6.45) is 4.63. The predicted octanol–water partition coefficient (Wildman–Crippen LogP) is 5.69. The number of unbranched alkanes of at least 4 members (excludes halogenated alkanes) is 2. The highest BCUT2D eigenvalue weighted by molar-refractivity contribution is 5.19. The summed E-state index contributed by atoms with van der Waals surface area (Å²) in [4.78, 5) is 0. The Morgan fingerprint density at radius 2 is 1.07 bits per heavy atom. The van der Waals surface area contributed by atoms with Crippen molar-refractivity contribution in [3.63, 3.8) is 0 Å². The Kier molecular flexibility index (Phi) is 10.8. The summed E-state index contributed by atoms with van der Waals surface area (Å²) in [5.74, 6) is 0. The highest BCUT2D eigenvalue weighted by Gasteiger charge is 2.15. The first-order chi connectivity index (χ1) is 13.3. The van der Waals surface area contributed by atoms with Crippen molar-refractivity contribution in [2.45, 2.75) is 51.7 Å². The lowest BCUT2D eigenvalue weighted by Gasteiger charge is -2.23. The van der Waals surface area contributed by atoms with E-state index in [1.807, 2.05) is 12.1 Å². The van der Waals surface area contributed by atoms with E-state index >= 15 is 0 Å². The predicted molar refractivity (Wildman–Crippen MR) is 113 cm³/mol. The van der Waals surface area contributed by atoms with Crippen LogP contribution in [0.25, 0.3) is 0 Å². The van der Waals surface area contributed by atoms with Crippen LogP contribution in [0.15, 0.2) is 60.7 Å². The Morgan fingerprint density at radius 3 is 1.44 bits per heavy atom. The van der Waals surface area contributed by atoms with Crippen molar-refractivity contribution in [2.24, 2.45) is 0 Å². The van der Waals surface area contributed by atoms with Crippen LogP contribution in [0, 0.1) is 0 Å². The van der Waals surface area contributed by atoms with Gasteiger partial charge in [0.2, 0.25) is 0 Å². The van der Waals surface area contributed by atoms with Crippen molar-refractivity contribution >= 4 is 0 Å². The molecule has 0 radical (unpaired) electrons. The molecule has 27 heavy (non-hydrogen) atoms. The van der Waals surface area contributed by atoms with Crippen LogP contribution in [0.5, 0.6) is 0 Å². The normalized spacial score (nSPS) is 13.4. The van der Waals surface area contributed by atoms with Gasteiger partial charge in [-0.3, -0.25) is 0 Å². The molecule has 0 aromatic heterocycles. The molecule has 2 atom stereocenters. The number of hydrogen-bond acceptors (Lipinski definition) is 3. The van der Waals surface area contributed by atoms with Crippen molar-refractivity contribution in [2.75, 3.05) is 26.3 Å². The van der Waals surface area contributed by atoms with Crippen LogP contribution in [-0.2, 0) is 9.47 Å². The molecule has 0 aliphatic carbocycles. The molecule has 2 aromatic carbocycles. The van der Waals surface area contributed by atoms with E-state index in [4.69, 9.17) is 9.47 Å². The molecule has 1 N–H and O–H groups in total. The molecule has 0 spiro atoms. The lowest BCUT2D eigenvalue weighted by Crippen LogP contribution is -2.29. The van der Waals surface area contributed by atoms with Crippen molar-refractivity contribution < 1.29 is 9.47 Å². The zero-order chi connectivity index (χ0) is 19.2. The Balaban J connectivity index is 1.92. The Bertz CT molecular complexity index is 534. The minimum Gasteiger partial charge on any atom is -0.372 e. The molecule has 0 amide bonds. The van der Waals surface area contributed by atoms with Gasteiger partial charge in [-0.25, -0.2) is 0 Å².